The fourth-order valence-corrected chi connectivity index (χ4v) is 2.13. The van der Waals surface area contributed by atoms with E-state index in [0.717, 1.165) is 29.6 Å². The molecule has 0 radical (unpaired) electrons. The van der Waals surface area contributed by atoms with Crippen LogP contribution in [0.15, 0.2) is 0 Å². The van der Waals surface area contributed by atoms with E-state index in [2.05, 4.69) is 48.5 Å². The molecule has 0 aromatic rings. The van der Waals surface area contributed by atoms with E-state index < -0.39 is 0 Å². The summed E-state index contributed by atoms with van der Waals surface area (Å²) < 4.78 is 0. The average molecular weight is 212 g/mol. The van der Waals surface area contributed by atoms with Crippen molar-refractivity contribution in [1.82, 2.24) is 0 Å². The number of hydrogen-bond acceptors (Lipinski definition) is 0. The van der Waals surface area contributed by atoms with Gasteiger partial charge in [-0.25, -0.2) is 0 Å². The molecule has 92 valence electrons. The van der Waals surface area contributed by atoms with E-state index in [9.17, 15) is 0 Å². The highest BCUT2D eigenvalue weighted by molar-refractivity contribution is 4.68. The third kappa shape index (κ3) is 5.58. The Bertz CT molecular complexity index is 148. The Morgan fingerprint density at radius 3 is 1.53 bits per heavy atom. The lowest BCUT2D eigenvalue weighted by atomic mass is 9.80. The molecule has 0 heteroatoms. The van der Waals surface area contributed by atoms with Crippen LogP contribution in [-0.2, 0) is 0 Å². The molecule has 0 N–H and O–H groups in total. The fraction of sp³-hybridized carbons (Fsp3) is 1.00. The molecule has 0 aromatic heterocycles. The SMILES string of the molecule is CCC(C)C(C)CCC(C)C(C)C(C)C. The first-order valence-electron chi connectivity index (χ1n) is 6.90. The lowest BCUT2D eigenvalue weighted by molar-refractivity contribution is 0.247. The minimum atomic E-state index is 0.832. The van der Waals surface area contributed by atoms with Gasteiger partial charge in [-0.05, 0) is 29.6 Å². The van der Waals surface area contributed by atoms with E-state index in [0.29, 0.717) is 0 Å². The molecule has 0 aromatic carbocycles. The van der Waals surface area contributed by atoms with E-state index in [-0.39, 0.29) is 0 Å². The molecule has 4 unspecified atom stereocenters. The first-order chi connectivity index (χ1) is 6.90. The Hall–Kier alpha value is 0. The van der Waals surface area contributed by atoms with Crippen molar-refractivity contribution < 1.29 is 0 Å². The molecule has 0 spiro atoms. The Kier molecular flexibility index (Phi) is 7.30. The molecule has 0 bridgehead atoms. The number of hydrogen-bond donors (Lipinski definition) is 0. The highest BCUT2D eigenvalue weighted by atomic mass is 14.2. The lowest BCUT2D eigenvalue weighted by Gasteiger charge is -2.26. The Labute approximate surface area is 97.8 Å². The number of rotatable bonds is 7. The van der Waals surface area contributed by atoms with Crippen LogP contribution in [0, 0.1) is 29.6 Å². The molecule has 0 aliphatic carbocycles. The Morgan fingerprint density at radius 1 is 0.667 bits per heavy atom. The Morgan fingerprint density at radius 2 is 1.13 bits per heavy atom. The van der Waals surface area contributed by atoms with E-state index in [4.69, 9.17) is 0 Å². The van der Waals surface area contributed by atoms with Crippen LogP contribution in [0.1, 0.15) is 67.7 Å². The van der Waals surface area contributed by atoms with Crippen molar-refractivity contribution in [2.75, 3.05) is 0 Å². The van der Waals surface area contributed by atoms with Gasteiger partial charge >= 0.3 is 0 Å². The zero-order valence-electron chi connectivity index (χ0n) is 12.0. The highest BCUT2D eigenvalue weighted by Gasteiger charge is 2.17. The lowest BCUT2D eigenvalue weighted by Crippen LogP contribution is -2.16. The zero-order chi connectivity index (χ0) is 12.0. The predicted octanol–water partition coefficient (Wildman–Crippen LogP) is 5.38. The molecule has 15 heavy (non-hydrogen) atoms. The maximum atomic E-state index is 2.42. The summed E-state index contributed by atoms with van der Waals surface area (Å²) >= 11 is 0. The monoisotopic (exact) mass is 212 g/mol. The normalized spacial score (nSPS) is 20.0. The van der Waals surface area contributed by atoms with Crippen LogP contribution in [0.3, 0.4) is 0 Å². The van der Waals surface area contributed by atoms with Gasteiger partial charge in [0.15, 0.2) is 0 Å². The van der Waals surface area contributed by atoms with Gasteiger partial charge in [-0.3, -0.25) is 0 Å². The van der Waals surface area contributed by atoms with Crippen LogP contribution >= 0.6 is 0 Å². The summed E-state index contributed by atoms with van der Waals surface area (Å²) in [5, 5.41) is 0. The van der Waals surface area contributed by atoms with Gasteiger partial charge in [0.05, 0.1) is 0 Å². The molecule has 0 aliphatic rings. The summed E-state index contributed by atoms with van der Waals surface area (Å²) in [6, 6.07) is 0. The maximum absolute atomic E-state index is 2.42. The van der Waals surface area contributed by atoms with Gasteiger partial charge < -0.3 is 0 Å². The van der Waals surface area contributed by atoms with Gasteiger partial charge in [-0.15, -0.1) is 0 Å². The summed E-state index contributed by atoms with van der Waals surface area (Å²) in [4.78, 5) is 0. The van der Waals surface area contributed by atoms with Gasteiger partial charge in [0.25, 0.3) is 0 Å². The zero-order valence-corrected chi connectivity index (χ0v) is 12.0. The van der Waals surface area contributed by atoms with Crippen molar-refractivity contribution in [2.24, 2.45) is 29.6 Å². The summed E-state index contributed by atoms with van der Waals surface area (Å²) in [6.07, 6.45) is 4.15. The van der Waals surface area contributed by atoms with E-state index >= 15 is 0 Å². The van der Waals surface area contributed by atoms with Gasteiger partial charge in [0.1, 0.15) is 0 Å². The molecule has 0 rings (SSSR count). The van der Waals surface area contributed by atoms with Crippen LogP contribution in [-0.4, -0.2) is 0 Å². The molecule has 0 aliphatic heterocycles. The Balaban J connectivity index is 3.84. The van der Waals surface area contributed by atoms with Crippen LogP contribution in [0.25, 0.3) is 0 Å². The highest BCUT2D eigenvalue weighted by Crippen LogP contribution is 2.28. The molecular weight excluding hydrogens is 180 g/mol. The minimum absolute atomic E-state index is 0.832. The molecule has 0 amide bonds. The fourth-order valence-electron chi connectivity index (χ4n) is 2.13. The quantitative estimate of drug-likeness (QED) is 0.531. The first-order valence-corrected chi connectivity index (χ1v) is 6.90. The van der Waals surface area contributed by atoms with E-state index in [1.54, 1.807) is 0 Å². The minimum Gasteiger partial charge on any atom is -0.0651 e. The molecule has 0 saturated carbocycles. The standard InChI is InChI=1S/C15H32/c1-8-12(4)13(5)9-10-14(6)15(7)11(2)3/h11-15H,8-10H2,1-7H3. The molecule has 0 heterocycles. The van der Waals surface area contributed by atoms with Crippen molar-refractivity contribution in [3.05, 3.63) is 0 Å². The molecule has 4 atom stereocenters. The molecule has 0 nitrogen and oxygen atoms in total. The predicted molar refractivity (Wildman–Crippen MR) is 71.0 cm³/mol. The van der Waals surface area contributed by atoms with E-state index in [1.165, 1.54) is 19.3 Å². The van der Waals surface area contributed by atoms with Crippen molar-refractivity contribution in [1.29, 1.82) is 0 Å². The summed E-state index contributed by atoms with van der Waals surface area (Å²) in [7, 11) is 0. The summed E-state index contributed by atoms with van der Waals surface area (Å²) in [6.45, 7) is 16.6. The maximum Gasteiger partial charge on any atom is -0.0394 e. The van der Waals surface area contributed by atoms with Crippen LogP contribution in [0.4, 0.5) is 0 Å². The average Bonchev–Trinajstić information content (AvgIpc) is 2.22. The molecule has 0 saturated heterocycles. The van der Waals surface area contributed by atoms with Crippen molar-refractivity contribution in [3.63, 3.8) is 0 Å². The summed E-state index contributed by atoms with van der Waals surface area (Å²) in [5.74, 6) is 4.38. The van der Waals surface area contributed by atoms with Crippen LogP contribution in [0.5, 0.6) is 0 Å². The summed E-state index contributed by atoms with van der Waals surface area (Å²) in [5.41, 5.74) is 0. The third-order valence-electron chi connectivity index (χ3n) is 4.64. The van der Waals surface area contributed by atoms with E-state index in [1.807, 2.05) is 0 Å². The largest absolute Gasteiger partial charge is 0.0651 e. The smallest absolute Gasteiger partial charge is 0.0394 e. The van der Waals surface area contributed by atoms with Crippen molar-refractivity contribution in [3.8, 4) is 0 Å². The van der Waals surface area contributed by atoms with Gasteiger partial charge in [0, 0.05) is 0 Å². The van der Waals surface area contributed by atoms with Crippen molar-refractivity contribution in [2.45, 2.75) is 67.7 Å². The van der Waals surface area contributed by atoms with Crippen molar-refractivity contribution >= 4 is 0 Å². The second-order valence-electron chi connectivity index (χ2n) is 6.02. The van der Waals surface area contributed by atoms with Crippen LogP contribution < -0.4 is 0 Å². The van der Waals surface area contributed by atoms with Crippen LogP contribution in [0.2, 0.25) is 0 Å². The van der Waals surface area contributed by atoms with Gasteiger partial charge in [-0.1, -0.05) is 67.7 Å². The topological polar surface area (TPSA) is 0 Å². The first kappa shape index (κ1) is 15.0. The van der Waals surface area contributed by atoms with Gasteiger partial charge in [0.2, 0.25) is 0 Å². The second-order valence-corrected chi connectivity index (χ2v) is 6.02. The second kappa shape index (κ2) is 7.30. The third-order valence-corrected chi connectivity index (χ3v) is 4.64. The van der Waals surface area contributed by atoms with Gasteiger partial charge in [-0.2, -0.15) is 0 Å². The molecule has 0 fully saturated rings. The molecular formula is C15H32.